The number of nitrogens with zero attached hydrogens (tertiary/aromatic N) is 2. The quantitative estimate of drug-likeness (QED) is 0.904. The number of hydrogen-bond donors (Lipinski definition) is 1. The van der Waals surface area contributed by atoms with Gasteiger partial charge < -0.3 is 19.3 Å². The fourth-order valence-electron chi connectivity index (χ4n) is 1.66. The highest BCUT2D eigenvalue weighted by atomic mass is 16.6. The normalized spacial score (nSPS) is 18.4. The van der Waals surface area contributed by atoms with E-state index < -0.39 is 23.9 Å². The Morgan fingerprint density at radius 1 is 1.60 bits per heavy atom. The SMILES string of the molecule is CC(C)(C)OC(=O)N(C[C@H]1CNC(=O)O1)c1ccon1. The van der Waals surface area contributed by atoms with Gasteiger partial charge >= 0.3 is 12.2 Å². The molecule has 2 amide bonds. The van der Waals surface area contributed by atoms with E-state index in [4.69, 9.17) is 14.0 Å². The zero-order valence-corrected chi connectivity index (χ0v) is 11.6. The second kappa shape index (κ2) is 5.40. The van der Waals surface area contributed by atoms with E-state index in [1.165, 1.54) is 17.2 Å². The molecule has 1 aromatic heterocycles. The van der Waals surface area contributed by atoms with Crippen LogP contribution in [0.3, 0.4) is 0 Å². The van der Waals surface area contributed by atoms with Crippen molar-refractivity contribution in [3.63, 3.8) is 0 Å². The van der Waals surface area contributed by atoms with Crippen molar-refractivity contribution in [2.45, 2.75) is 32.5 Å². The van der Waals surface area contributed by atoms with Gasteiger partial charge in [0.2, 0.25) is 0 Å². The van der Waals surface area contributed by atoms with Crippen molar-refractivity contribution in [1.29, 1.82) is 0 Å². The van der Waals surface area contributed by atoms with Gasteiger partial charge in [0.25, 0.3) is 0 Å². The van der Waals surface area contributed by atoms with Crippen LogP contribution in [0.25, 0.3) is 0 Å². The highest BCUT2D eigenvalue weighted by Gasteiger charge is 2.31. The summed E-state index contributed by atoms with van der Waals surface area (Å²) in [6.45, 7) is 5.77. The molecular formula is C12H17N3O5. The van der Waals surface area contributed by atoms with E-state index in [-0.39, 0.29) is 6.54 Å². The van der Waals surface area contributed by atoms with Gasteiger partial charge in [-0.3, -0.25) is 4.90 Å². The number of cyclic esters (lactones) is 1. The molecule has 2 heterocycles. The maximum absolute atomic E-state index is 12.2. The number of anilines is 1. The lowest BCUT2D eigenvalue weighted by molar-refractivity contribution is 0.0556. The van der Waals surface area contributed by atoms with Crippen molar-refractivity contribution < 1.29 is 23.6 Å². The van der Waals surface area contributed by atoms with E-state index in [2.05, 4.69) is 10.5 Å². The lowest BCUT2D eigenvalue weighted by atomic mass is 10.2. The molecule has 2 rings (SSSR count). The molecule has 0 bridgehead atoms. The average Bonchev–Trinajstić information content (AvgIpc) is 2.94. The Kier molecular flexibility index (Phi) is 3.82. The smallest absolute Gasteiger partial charge is 0.416 e. The van der Waals surface area contributed by atoms with Crippen LogP contribution in [0.1, 0.15) is 20.8 Å². The molecule has 8 nitrogen and oxygen atoms in total. The molecule has 0 aliphatic carbocycles. The molecule has 1 atom stereocenters. The fraction of sp³-hybridized carbons (Fsp3) is 0.583. The van der Waals surface area contributed by atoms with Crippen molar-refractivity contribution in [2.75, 3.05) is 18.0 Å². The van der Waals surface area contributed by atoms with Crippen molar-refractivity contribution in [2.24, 2.45) is 0 Å². The number of carbonyl (C=O) groups is 2. The van der Waals surface area contributed by atoms with Gasteiger partial charge in [-0.2, -0.15) is 0 Å². The second-order valence-corrected chi connectivity index (χ2v) is 5.36. The molecule has 1 aliphatic heterocycles. The summed E-state index contributed by atoms with van der Waals surface area (Å²) in [6.07, 6.45) is -0.175. The summed E-state index contributed by atoms with van der Waals surface area (Å²) in [4.78, 5) is 24.5. The number of ether oxygens (including phenoxy) is 2. The summed E-state index contributed by atoms with van der Waals surface area (Å²) in [5, 5.41) is 6.24. The number of nitrogens with one attached hydrogen (secondary N) is 1. The minimum absolute atomic E-state index is 0.139. The predicted molar refractivity (Wildman–Crippen MR) is 68.4 cm³/mol. The van der Waals surface area contributed by atoms with Gasteiger partial charge in [0.1, 0.15) is 18.0 Å². The number of rotatable bonds is 3. The first-order valence-electron chi connectivity index (χ1n) is 6.20. The van der Waals surface area contributed by atoms with Gasteiger partial charge in [0.05, 0.1) is 13.1 Å². The van der Waals surface area contributed by atoms with Crippen LogP contribution in [0, 0.1) is 0 Å². The van der Waals surface area contributed by atoms with Crippen molar-refractivity contribution in [3.05, 3.63) is 12.3 Å². The molecule has 0 unspecified atom stereocenters. The van der Waals surface area contributed by atoms with Crippen LogP contribution < -0.4 is 10.2 Å². The topological polar surface area (TPSA) is 93.9 Å². The number of aromatic nitrogens is 1. The predicted octanol–water partition coefficient (Wildman–Crippen LogP) is 1.52. The Morgan fingerprint density at radius 2 is 2.35 bits per heavy atom. The molecule has 110 valence electrons. The highest BCUT2D eigenvalue weighted by molar-refractivity contribution is 5.86. The first-order chi connectivity index (χ1) is 9.35. The maximum atomic E-state index is 12.2. The summed E-state index contributed by atoms with van der Waals surface area (Å²) >= 11 is 0. The molecule has 1 aromatic rings. The molecular weight excluding hydrogens is 266 g/mol. The van der Waals surface area contributed by atoms with Crippen LogP contribution in [0.4, 0.5) is 15.4 Å². The Balaban J connectivity index is 2.09. The number of alkyl carbamates (subject to hydrolysis) is 1. The van der Waals surface area contributed by atoms with E-state index in [1.54, 1.807) is 20.8 Å². The molecule has 20 heavy (non-hydrogen) atoms. The van der Waals surface area contributed by atoms with Crippen LogP contribution in [0.5, 0.6) is 0 Å². The number of hydrogen-bond acceptors (Lipinski definition) is 6. The minimum Gasteiger partial charge on any atom is -0.443 e. The Hall–Kier alpha value is -2.25. The van der Waals surface area contributed by atoms with E-state index >= 15 is 0 Å². The first kappa shape index (κ1) is 14.2. The molecule has 8 heteroatoms. The molecule has 1 aliphatic rings. The molecule has 1 N–H and O–H groups in total. The molecule has 0 radical (unpaired) electrons. The zero-order chi connectivity index (χ0) is 14.8. The third-order valence-electron chi connectivity index (χ3n) is 2.45. The summed E-state index contributed by atoms with van der Waals surface area (Å²) in [7, 11) is 0. The summed E-state index contributed by atoms with van der Waals surface area (Å²) in [5.74, 6) is 0.308. The highest BCUT2D eigenvalue weighted by Crippen LogP contribution is 2.18. The standard InChI is InChI=1S/C12H17N3O5/c1-12(2,3)20-11(17)15(9-4-5-18-14-9)7-8-6-13-10(16)19-8/h4-5,8H,6-7H2,1-3H3,(H,13,16)/t8-/m1/s1. The van der Waals surface area contributed by atoms with Gasteiger partial charge in [0.15, 0.2) is 5.82 Å². The molecule has 1 saturated heterocycles. The van der Waals surface area contributed by atoms with Crippen LogP contribution in [0.2, 0.25) is 0 Å². The van der Waals surface area contributed by atoms with Crippen LogP contribution in [-0.4, -0.2) is 42.1 Å². The minimum atomic E-state index is -0.635. The third-order valence-corrected chi connectivity index (χ3v) is 2.45. The molecule has 0 saturated carbocycles. The Morgan fingerprint density at radius 3 is 2.85 bits per heavy atom. The molecule has 0 aromatic carbocycles. The van der Waals surface area contributed by atoms with E-state index in [0.717, 1.165) is 0 Å². The Labute approximate surface area is 116 Å². The van der Waals surface area contributed by atoms with Crippen LogP contribution in [-0.2, 0) is 9.47 Å². The van der Waals surface area contributed by atoms with Crippen LogP contribution in [0.15, 0.2) is 16.9 Å². The summed E-state index contributed by atoms with van der Waals surface area (Å²) in [6, 6.07) is 1.54. The Bertz CT molecular complexity index is 480. The molecule has 0 spiro atoms. The van der Waals surface area contributed by atoms with E-state index in [0.29, 0.717) is 12.4 Å². The first-order valence-corrected chi connectivity index (χ1v) is 6.20. The fourth-order valence-corrected chi connectivity index (χ4v) is 1.66. The lowest BCUT2D eigenvalue weighted by Gasteiger charge is -2.26. The van der Waals surface area contributed by atoms with E-state index in [1.807, 2.05) is 0 Å². The van der Waals surface area contributed by atoms with Gasteiger partial charge in [0, 0.05) is 6.07 Å². The van der Waals surface area contributed by atoms with Gasteiger partial charge in [-0.1, -0.05) is 5.16 Å². The largest absolute Gasteiger partial charge is 0.443 e. The van der Waals surface area contributed by atoms with E-state index in [9.17, 15) is 9.59 Å². The zero-order valence-electron chi connectivity index (χ0n) is 11.6. The second-order valence-electron chi connectivity index (χ2n) is 5.36. The number of carbonyl (C=O) groups excluding carboxylic acids is 2. The van der Waals surface area contributed by atoms with Gasteiger partial charge in [-0.25, -0.2) is 9.59 Å². The van der Waals surface area contributed by atoms with Crippen molar-refractivity contribution in [1.82, 2.24) is 10.5 Å². The summed E-state index contributed by atoms with van der Waals surface area (Å²) in [5.41, 5.74) is -0.635. The van der Waals surface area contributed by atoms with Gasteiger partial charge in [-0.05, 0) is 20.8 Å². The molecule has 1 fully saturated rings. The van der Waals surface area contributed by atoms with Gasteiger partial charge in [-0.15, -0.1) is 0 Å². The lowest BCUT2D eigenvalue weighted by Crippen LogP contribution is -2.42. The maximum Gasteiger partial charge on any atom is 0.416 e. The average molecular weight is 283 g/mol. The van der Waals surface area contributed by atoms with Crippen LogP contribution >= 0.6 is 0 Å². The van der Waals surface area contributed by atoms with Crippen molar-refractivity contribution in [3.8, 4) is 0 Å². The monoisotopic (exact) mass is 283 g/mol. The summed E-state index contributed by atoms with van der Waals surface area (Å²) < 4.78 is 15.1. The number of amides is 2. The third kappa shape index (κ3) is 3.62. The van der Waals surface area contributed by atoms with Crippen molar-refractivity contribution >= 4 is 18.0 Å².